The number of nitrogens with one attached hydrogen (secondary N) is 2. The van der Waals surface area contributed by atoms with Crippen molar-refractivity contribution in [3.63, 3.8) is 0 Å². The van der Waals surface area contributed by atoms with E-state index in [0.29, 0.717) is 5.92 Å². The number of hydrogen-bond acceptors (Lipinski definition) is 3. The Bertz CT molecular complexity index is 1050. The Labute approximate surface area is 176 Å². The number of benzene rings is 2. The van der Waals surface area contributed by atoms with E-state index in [1.54, 1.807) is 12.1 Å². The van der Waals surface area contributed by atoms with Gasteiger partial charge in [-0.05, 0) is 36.0 Å². The first kappa shape index (κ1) is 21.6. The van der Waals surface area contributed by atoms with Crippen LogP contribution in [-0.2, 0) is 11.2 Å². The van der Waals surface area contributed by atoms with Gasteiger partial charge in [-0.2, -0.15) is 0 Å². The van der Waals surface area contributed by atoms with E-state index >= 15 is 0 Å². The number of nitrogens with zero attached hydrogens (tertiary/aromatic N) is 1. The number of aryl methyl sites for hydroxylation is 1. The highest BCUT2D eigenvalue weighted by atomic mass is 16.6. The Morgan fingerprint density at radius 2 is 1.90 bits per heavy atom. The van der Waals surface area contributed by atoms with E-state index in [1.165, 1.54) is 11.6 Å². The second-order valence-electron chi connectivity index (χ2n) is 8.15. The van der Waals surface area contributed by atoms with Gasteiger partial charge in [0.25, 0.3) is 5.69 Å². The van der Waals surface area contributed by atoms with Gasteiger partial charge in [-0.1, -0.05) is 51.1 Å². The van der Waals surface area contributed by atoms with E-state index in [-0.39, 0.29) is 30.0 Å². The quantitative estimate of drug-likeness (QED) is 0.391. The van der Waals surface area contributed by atoms with Crippen LogP contribution in [0.4, 0.5) is 5.69 Å². The maximum atomic E-state index is 12.9. The Kier molecular flexibility index (Phi) is 6.55. The number of rotatable bonds is 8. The fourth-order valence-electron chi connectivity index (χ4n) is 3.75. The van der Waals surface area contributed by atoms with Crippen molar-refractivity contribution in [2.45, 2.75) is 52.5 Å². The van der Waals surface area contributed by atoms with Crippen molar-refractivity contribution in [2.75, 3.05) is 0 Å². The molecule has 6 nitrogen and oxygen atoms in total. The molecule has 0 saturated heterocycles. The molecule has 0 aliphatic rings. The van der Waals surface area contributed by atoms with Crippen LogP contribution in [0, 0.1) is 16.0 Å². The van der Waals surface area contributed by atoms with E-state index in [4.69, 9.17) is 0 Å². The predicted octanol–water partition coefficient (Wildman–Crippen LogP) is 5.32. The average molecular weight is 408 g/mol. The third-order valence-corrected chi connectivity index (χ3v) is 5.85. The molecule has 0 radical (unpaired) electrons. The summed E-state index contributed by atoms with van der Waals surface area (Å²) < 4.78 is 0. The number of hydrogen-bond donors (Lipinski definition) is 2. The smallest absolute Gasteiger partial charge is 0.269 e. The summed E-state index contributed by atoms with van der Waals surface area (Å²) in [6.07, 6.45) is 3.05. The Morgan fingerprint density at radius 3 is 2.57 bits per heavy atom. The summed E-state index contributed by atoms with van der Waals surface area (Å²) in [5.74, 6) is -0.0239. The molecule has 1 heterocycles. The van der Waals surface area contributed by atoms with E-state index in [0.717, 1.165) is 28.5 Å². The molecule has 6 heteroatoms. The number of nitro groups is 1. The lowest BCUT2D eigenvalue weighted by Crippen LogP contribution is -2.36. The third-order valence-electron chi connectivity index (χ3n) is 5.85. The van der Waals surface area contributed by atoms with Crippen LogP contribution in [0.5, 0.6) is 0 Å². The highest BCUT2D eigenvalue weighted by Crippen LogP contribution is 2.35. The van der Waals surface area contributed by atoms with Crippen molar-refractivity contribution in [2.24, 2.45) is 5.92 Å². The van der Waals surface area contributed by atoms with E-state index < -0.39 is 4.92 Å². The van der Waals surface area contributed by atoms with Gasteiger partial charge in [0, 0.05) is 47.6 Å². The summed E-state index contributed by atoms with van der Waals surface area (Å²) in [7, 11) is 0. The van der Waals surface area contributed by atoms with Crippen LogP contribution in [0.2, 0.25) is 0 Å². The molecule has 0 spiro atoms. The first-order valence-corrected chi connectivity index (χ1v) is 10.4. The van der Waals surface area contributed by atoms with Gasteiger partial charge in [0.05, 0.1) is 4.92 Å². The number of fused-ring (bicyclic) bond motifs is 1. The molecule has 3 aromatic rings. The summed E-state index contributed by atoms with van der Waals surface area (Å²) >= 11 is 0. The monoisotopic (exact) mass is 407 g/mol. The fraction of sp³-hybridized carbons (Fsp3) is 0.375. The maximum absolute atomic E-state index is 12.9. The zero-order chi connectivity index (χ0) is 21.8. The lowest BCUT2D eigenvalue weighted by Gasteiger charge is -2.21. The topological polar surface area (TPSA) is 88.0 Å². The summed E-state index contributed by atoms with van der Waals surface area (Å²) in [6.45, 7) is 8.22. The molecule has 0 bridgehead atoms. The minimum atomic E-state index is -0.397. The number of amides is 1. The van der Waals surface area contributed by atoms with Crippen LogP contribution < -0.4 is 5.32 Å². The summed E-state index contributed by atoms with van der Waals surface area (Å²) in [6, 6.07) is 12.8. The predicted molar refractivity (Wildman–Crippen MR) is 120 cm³/mol. The molecule has 2 unspecified atom stereocenters. The lowest BCUT2D eigenvalue weighted by atomic mass is 9.87. The third kappa shape index (κ3) is 4.53. The molecule has 2 N–H and O–H groups in total. The van der Waals surface area contributed by atoms with Gasteiger partial charge in [0.2, 0.25) is 5.91 Å². The van der Waals surface area contributed by atoms with Gasteiger partial charge in [0.15, 0.2) is 0 Å². The van der Waals surface area contributed by atoms with E-state index in [1.807, 2.05) is 31.3 Å². The van der Waals surface area contributed by atoms with Gasteiger partial charge >= 0.3 is 0 Å². The van der Waals surface area contributed by atoms with Gasteiger partial charge in [-0.15, -0.1) is 0 Å². The molecule has 0 aliphatic carbocycles. The minimum Gasteiger partial charge on any atom is -0.361 e. The molecule has 2 atom stereocenters. The van der Waals surface area contributed by atoms with Gasteiger partial charge < -0.3 is 10.3 Å². The number of carbonyl (C=O) groups excluding carboxylic acids is 1. The molecule has 0 aliphatic heterocycles. The van der Waals surface area contributed by atoms with E-state index in [9.17, 15) is 14.9 Å². The number of para-hydroxylation sites is 1. The van der Waals surface area contributed by atoms with Crippen LogP contribution in [-0.4, -0.2) is 21.9 Å². The lowest BCUT2D eigenvalue weighted by molar-refractivity contribution is -0.384. The second kappa shape index (κ2) is 9.11. The second-order valence-corrected chi connectivity index (χ2v) is 8.15. The molecular formula is C24H29N3O3. The van der Waals surface area contributed by atoms with Crippen molar-refractivity contribution in [3.05, 3.63) is 75.5 Å². The SMILES string of the molecule is CCc1cccc2c(C(CC(=O)NC(C)C(C)C)c3cccc([N+](=O)[O-])c3)c[nH]c12. The van der Waals surface area contributed by atoms with Crippen LogP contribution in [0.15, 0.2) is 48.7 Å². The summed E-state index contributed by atoms with van der Waals surface area (Å²) in [5, 5.41) is 15.4. The van der Waals surface area contributed by atoms with Crippen molar-refractivity contribution in [1.82, 2.24) is 10.3 Å². The minimum absolute atomic E-state index is 0.0301. The molecule has 3 rings (SSSR count). The van der Waals surface area contributed by atoms with Crippen molar-refractivity contribution in [3.8, 4) is 0 Å². The van der Waals surface area contributed by atoms with Crippen LogP contribution >= 0.6 is 0 Å². The number of aromatic nitrogens is 1. The largest absolute Gasteiger partial charge is 0.361 e. The van der Waals surface area contributed by atoms with Crippen LogP contribution in [0.1, 0.15) is 56.7 Å². The standard InChI is InChI=1S/C24H29N3O3/c1-5-17-8-7-11-20-22(14-25-24(17)20)21(13-23(28)26-16(4)15(2)3)18-9-6-10-19(12-18)27(29)30/h6-12,14-16,21,25H,5,13H2,1-4H3,(H,26,28). The number of nitro benzene ring substituents is 1. The fourth-order valence-corrected chi connectivity index (χ4v) is 3.75. The van der Waals surface area contributed by atoms with Gasteiger partial charge in [-0.25, -0.2) is 0 Å². The van der Waals surface area contributed by atoms with Crippen LogP contribution in [0.25, 0.3) is 10.9 Å². The first-order valence-electron chi connectivity index (χ1n) is 10.4. The number of H-pyrrole nitrogens is 1. The highest BCUT2D eigenvalue weighted by Gasteiger charge is 2.24. The molecule has 30 heavy (non-hydrogen) atoms. The van der Waals surface area contributed by atoms with Gasteiger partial charge in [0.1, 0.15) is 0 Å². The van der Waals surface area contributed by atoms with Crippen LogP contribution in [0.3, 0.4) is 0 Å². The zero-order valence-electron chi connectivity index (χ0n) is 17.9. The Morgan fingerprint density at radius 1 is 1.17 bits per heavy atom. The normalized spacial score (nSPS) is 13.4. The molecular weight excluding hydrogens is 378 g/mol. The Hall–Kier alpha value is -3.15. The maximum Gasteiger partial charge on any atom is 0.269 e. The van der Waals surface area contributed by atoms with Crippen molar-refractivity contribution >= 4 is 22.5 Å². The molecule has 158 valence electrons. The first-order chi connectivity index (χ1) is 14.3. The van der Waals surface area contributed by atoms with Crippen molar-refractivity contribution < 1.29 is 9.72 Å². The summed E-state index contributed by atoms with van der Waals surface area (Å²) in [5.41, 5.74) is 4.03. The van der Waals surface area contributed by atoms with Gasteiger partial charge in [-0.3, -0.25) is 14.9 Å². The summed E-state index contributed by atoms with van der Waals surface area (Å²) in [4.78, 5) is 27.1. The zero-order valence-corrected chi connectivity index (χ0v) is 17.9. The molecule has 1 amide bonds. The molecule has 0 fully saturated rings. The molecule has 0 saturated carbocycles. The number of non-ortho nitro benzene ring substituents is 1. The highest BCUT2D eigenvalue weighted by molar-refractivity contribution is 5.88. The van der Waals surface area contributed by atoms with Crippen molar-refractivity contribution in [1.29, 1.82) is 0 Å². The average Bonchev–Trinajstić information content (AvgIpc) is 3.16. The molecule has 2 aromatic carbocycles. The molecule has 1 aromatic heterocycles. The Balaban J connectivity index is 2.05. The number of carbonyl (C=O) groups is 1. The number of aromatic amines is 1. The van der Waals surface area contributed by atoms with E-state index in [2.05, 4.69) is 37.1 Å².